The van der Waals surface area contributed by atoms with Crippen LogP contribution in [0.5, 0.6) is 0 Å². The molecule has 0 spiro atoms. The monoisotopic (exact) mass is 533 g/mol. The highest BCUT2D eigenvalue weighted by atomic mass is 35.5. The van der Waals surface area contributed by atoms with E-state index in [0.717, 1.165) is 40.5 Å². The molecule has 1 aromatic heterocycles. The number of nitrogens with one attached hydrogen (secondary N) is 1. The molecule has 4 aromatic rings. The number of carbonyl (C=O) groups is 2. The molecule has 4 rings (SSSR count). The zero-order valence-corrected chi connectivity index (χ0v) is 22.1. The first-order valence-electron chi connectivity index (χ1n) is 12.1. The summed E-state index contributed by atoms with van der Waals surface area (Å²) >= 11 is 7.63. The third-order valence-electron chi connectivity index (χ3n) is 5.83. The van der Waals surface area contributed by atoms with Crippen molar-refractivity contribution in [2.24, 2.45) is 0 Å². The molecule has 0 fully saturated rings. The van der Waals surface area contributed by atoms with E-state index in [1.165, 1.54) is 5.56 Å². The molecule has 37 heavy (non-hydrogen) atoms. The fourth-order valence-corrected chi connectivity index (χ4v) is 4.85. The van der Waals surface area contributed by atoms with Crippen LogP contribution < -0.4 is 10.2 Å². The van der Waals surface area contributed by atoms with Gasteiger partial charge in [0.25, 0.3) is 5.91 Å². The van der Waals surface area contributed by atoms with Crippen LogP contribution in [0.3, 0.4) is 0 Å². The van der Waals surface area contributed by atoms with Gasteiger partial charge in [0.05, 0.1) is 18.7 Å². The van der Waals surface area contributed by atoms with Gasteiger partial charge in [0.15, 0.2) is 5.13 Å². The van der Waals surface area contributed by atoms with E-state index >= 15 is 0 Å². The highest BCUT2D eigenvalue weighted by Gasteiger charge is 2.16. The van der Waals surface area contributed by atoms with Crippen molar-refractivity contribution in [1.82, 2.24) is 10.3 Å². The average molecular weight is 534 g/mol. The second-order valence-corrected chi connectivity index (χ2v) is 9.89. The Morgan fingerprint density at radius 1 is 0.973 bits per heavy atom. The van der Waals surface area contributed by atoms with E-state index in [-0.39, 0.29) is 18.9 Å². The van der Waals surface area contributed by atoms with Crippen molar-refractivity contribution < 1.29 is 14.7 Å². The smallest absolute Gasteiger partial charge is 0.305 e. The van der Waals surface area contributed by atoms with Gasteiger partial charge in [-0.3, -0.25) is 9.59 Å². The highest BCUT2D eigenvalue weighted by molar-refractivity contribution is 7.14. The zero-order chi connectivity index (χ0) is 26.2. The maximum absolute atomic E-state index is 12.3. The van der Waals surface area contributed by atoms with Crippen molar-refractivity contribution in [1.29, 1.82) is 0 Å². The second kappa shape index (κ2) is 12.5. The summed E-state index contributed by atoms with van der Waals surface area (Å²) in [4.78, 5) is 30.1. The fourth-order valence-electron chi connectivity index (χ4n) is 3.87. The van der Waals surface area contributed by atoms with Crippen molar-refractivity contribution >= 4 is 45.6 Å². The number of aryl methyl sites for hydroxylation is 1. The molecule has 1 heterocycles. The average Bonchev–Trinajstić information content (AvgIpc) is 3.38. The third-order valence-corrected chi connectivity index (χ3v) is 6.95. The number of nitrogens with zero attached hydrogens (tertiary/aromatic N) is 2. The van der Waals surface area contributed by atoms with Crippen LogP contribution in [-0.4, -0.2) is 28.5 Å². The standard InChI is InChI=1S/C29H28ClN3O3S/c1-2-3-20-6-14-25(15-7-20)33(29-32-26(19-37-29)22-10-12-24(30)13-11-22)18-21-4-8-23(9-5-21)28(36)31-17-16-27(34)35/h4-15,19H,2-3,16-18H2,1H3,(H,31,36)(H,34,35). The number of amides is 1. The molecule has 0 bridgehead atoms. The van der Waals surface area contributed by atoms with Crippen molar-refractivity contribution in [3.63, 3.8) is 0 Å². The lowest BCUT2D eigenvalue weighted by molar-refractivity contribution is -0.136. The first-order chi connectivity index (χ1) is 17.9. The Morgan fingerprint density at radius 2 is 1.65 bits per heavy atom. The number of carboxylic acids is 1. The lowest BCUT2D eigenvalue weighted by Gasteiger charge is -2.23. The first-order valence-corrected chi connectivity index (χ1v) is 13.4. The number of aliphatic carboxylic acids is 1. The molecule has 0 aliphatic rings. The Kier molecular flexibility index (Phi) is 8.93. The molecular formula is C29H28ClN3O3S. The predicted molar refractivity (Wildman–Crippen MR) is 150 cm³/mol. The summed E-state index contributed by atoms with van der Waals surface area (Å²) in [6, 6.07) is 23.6. The van der Waals surface area contributed by atoms with Crippen LogP contribution in [0.15, 0.2) is 78.2 Å². The van der Waals surface area contributed by atoms with Crippen LogP contribution in [0.2, 0.25) is 5.02 Å². The summed E-state index contributed by atoms with van der Waals surface area (Å²) in [7, 11) is 0. The number of thiazole rings is 1. The molecule has 3 aromatic carbocycles. The molecule has 0 unspecified atom stereocenters. The summed E-state index contributed by atoms with van der Waals surface area (Å²) in [6.07, 6.45) is 2.02. The van der Waals surface area contributed by atoms with Crippen LogP contribution in [0.25, 0.3) is 11.3 Å². The number of benzene rings is 3. The Bertz CT molecular complexity index is 1340. The minimum absolute atomic E-state index is 0.0950. The Labute approximate surface area is 225 Å². The summed E-state index contributed by atoms with van der Waals surface area (Å²) in [5, 5.41) is 15.0. The van der Waals surface area contributed by atoms with Gasteiger partial charge in [0, 0.05) is 33.8 Å². The normalized spacial score (nSPS) is 10.8. The van der Waals surface area contributed by atoms with Crippen LogP contribution >= 0.6 is 22.9 Å². The van der Waals surface area contributed by atoms with E-state index in [0.29, 0.717) is 17.1 Å². The van der Waals surface area contributed by atoms with E-state index in [2.05, 4.69) is 41.4 Å². The molecular weight excluding hydrogens is 506 g/mol. The number of hydrogen-bond donors (Lipinski definition) is 2. The maximum Gasteiger partial charge on any atom is 0.305 e. The minimum atomic E-state index is -0.945. The quantitative estimate of drug-likeness (QED) is 0.218. The van der Waals surface area contributed by atoms with Crippen molar-refractivity contribution in [2.75, 3.05) is 11.4 Å². The van der Waals surface area contributed by atoms with Crippen LogP contribution in [0.4, 0.5) is 10.8 Å². The zero-order valence-electron chi connectivity index (χ0n) is 20.5. The summed E-state index contributed by atoms with van der Waals surface area (Å²) in [5.41, 5.74) is 5.73. The number of aromatic nitrogens is 1. The number of carbonyl (C=O) groups excluding carboxylic acids is 1. The Balaban J connectivity index is 1.56. The minimum Gasteiger partial charge on any atom is -0.481 e. The number of rotatable bonds is 11. The number of carboxylic acid groups (broad SMARTS) is 1. The van der Waals surface area contributed by atoms with Crippen LogP contribution in [0, 0.1) is 0 Å². The van der Waals surface area contributed by atoms with Gasteiger partial charge in [-0.15, -0.1) is 11.3 Å². The van der Waals surface area contributed by atoms with Gasteiger partial charge in [0.2, 0.25) is 0 Å². The SMILES string of the molecule is CCCc1ccc(N(Cc2ccc(C(=O)NCCC(=O)O)cc2)c2nc(-c3ccc(Cl)cc3)cs2)cc1. The van der Waals surface area contributed by atoms with E-state index < -0.39 is 5.97 Å². The van der Waals surface area contributed by atoms with E-state index in [9.17, 15) is 9.59 Å². The lowest BCUT2D eigenvalue weighted by Crippen LogP contribution is -2.26. The van der Waals surface area contributed by atoms with E-state index in [4.69, 9.17) is 21.7 Å². The summed E-state index contributed by atoms with van der Waals surface area (Å²) in [6.45, 7) is 2.84. The molecule has 0 saturated heterocycles. The number of anilines is 2. The first kappa shape index (κ1) is 26.4. The fraction of sp³-hybridized carbons (Fsp3) is 0.207. The van der Waals surface area contributed by atoms with Crippen LogP contribution in [0.1, 0.15) is 41.3 Å². The van der Waals surface area contributed by atoms with Gasteiger partial charge in [-0.25, -0.2) is 4.98 Å². The predicted octanol–water partition coefficient (Wildman–Crippen LogP) is 6.96. The van der Waals surface area contributed by atoms with Gasteiger partial charge in [-0.1, -0.05) is 61.3 Å². The van der Waals surface area contributed by atoms with Gasteiger partial charge < -0.3 is 15.3 Å². The second-order valence-electron chi connectivity index (χ2n) is 8.62. The molecule has 0 aliphatic heterocycles. The molecule has 190 valence electrons. The Hall–Kier alpha value is -3.68. The van der Waals surface area contributed by atoms with Crippen LogP contribution in [-0.2, 0) is 17.8 Å². The molecule has 2 N–H and O–H groups in total. The third kappa shape index (κ3) is 7.18. The van der Waals surface area contributed by atoms with Gasteiger partial charge >= 0.3 is 5.97 Å². The molecule has 0 atom stereocenters. The van der Waals surface area contributed by atoms with Gasteiger partial charge in [-0.05, 0) is 53.9 Å². The molecule has 0 radical (unpaired) electrons. The summed E-state index contributed by atoms with van der Waals surface area (Å²) < 4.78 is 0. The van der Waals surface area contributed by atoms with E-state index in [1.54, 1.807) is 23.5 Å². The van der Waals surface area contributed by atoms with Crippen molar-refractivity contribution in [3.8, 4) is 11.3 Å². The molecule has 8 heteroatoms. The summed E-state index contributed by atoms with van der Waals surface area (Å²) in [5.74, 6) is -1.23. The number of hydrogen-bond acceptors (Lipinski definition) is 5. The molecule has 0 aliphatic carbocycles. The molecule has 0 saturated carbocycles. The topological polar surface area (TPSA) is 82.5 Å². The Morgan fingerprint density at radius 3 is 2.30 bits per heavy atom. The highest BCUT2D eigenvalue weighted by Crippen LogP contribution is 2.34. The molecule has 6 nitrogen and oxygen atoms in total. The van der Waals surface area contributed by atoms with Gasteiger partial charge in [-0.2, -0.15) is 0 Å². The van der Waals surface area contributed by atoms with E-state index in [1.807, 2.05) is 41.8 Å². The molecule has 1 amide bonds. The maximum atomic E-state index is 12.3. The van der Waals surface area contributed by atoms with Crippen molar-refractivity contribution in [3.05, 3.63) is 99.9 Å². The van der Waals surface area contributed by atoms with Gasteiger partial charge in [0.1, 0.15) is 0 Å². The largest absolute Gasteiger partial charge is 0.481 e. The van der Waals surface area contributed by atoms with Crippen molar-refractivity contribution in [2.45, 2.75) is 32.7 Å². The lowest BCUT2D eigenvalue weighted by atomic mass is 10.1. The number of halogens is 1.